The Kier molecular flexibility index (Phi) is 2.56. The SMILES string of the molecule is CN(C)Cc1c[nH]c2cccc(C=O)c12. The van der Waals surface area contributed by atoms with E-state index in [2.05, 4.69) is 9.88 Å². The van der Waals surface area contributed by atoms with Crippen LogP contribution in [0, 0.1) is 0 Å². The first-order valence-electron chi connectivity index (χ1n) is 4.91. The number of aromatic nitrogens is 1. The number of H-pyrrole nitrogens is 1. The van der Waals surface area contributed by atoms with Gasteiger partial charge in [0.1, 0.15) is 0 Å². The summed E-state index contributed by atoms with van der Waals surface area (Å²) in [4.78, 5) is 16.2. The Morgan fingerprint density at radius 3 is 2.87 bits per heavy atom. The number of rotatable bonds is 3. The molecule has 0 amide bonds. The summed E-state index contributed by atoms with van der Waals surface area (Å²) in [6.45, 7) is 0.838. The van der Waals surface area contributed by atoms with Gasteiger partial charge in [0.15, 0.2) is 6.29 Å². The fraction of sp³-hybridized carbons (Fsp3) is 0.250. The molecular weight excluding hydrogens is 188 g/mol. The van der Waals surface area contributed by atoms with Gasteiger partial charge in [-0.15, -0.1) is 0 Å². The molecule has 0 fully saturated rings. The van der Waals surface area contributed by atoms with Gasteiger partial charge in [-0.3, -0.25) is 4.79 Å². The molecular formula is C12H14N2O. The molecule has 0 radical (unpaired) electrons. The quantitative estimate of drug-likeness (QED) is 0.773. The number of aldehydes is 1. The predicted octanol–water partition coefficient (Wildman–Crippen LogP) is 2.04. The topological polar surface area (TPSA) is 36.1 Å². The first kappa shape index (κ1) is 9.93. The fourth-order valence-electron chi connectivity index (χ4n) is 1.85. The van der Waals surface area contributed by atoms with E-state index >= 15 is 0 Å². The van der Waals surface area contributed by atoms with Gasteiger partial charge in [-0.1, -0.05) is 12.1 Å². The van der Waals surface area contributed by atoms with Crippen molar-refractivity contribution in [2.75, 3.05) is 14.1 Å². The molecule has 0 saturated heterocycles. The van der Waals surface area contributed by atoms with Crippen molar-refractivity contribution in [2.24, 2.45) is 0 Å². The molecule has 78 valence electrons. The molecule has 0 aliphatic heterocycles. The van der Waals surface area contributed by atoms with Gasteiger partial charge >= 0.3 is 0 Å². The second kappa shape index (κ2) is 3.87. The van der Waals surface area contributed by atoms with Crippen LogP contribution in [0.15, 0.2) is 24.4 Å². The van der Waals surface area contributed by atoms with E-state index in [9.17, 15) is 4.79 Å². The Hall–Kier alpha value is -1.61. The zero-order valence-electron chi connectivity index (χ0n) is 8.95. The highest BCUT2D eigenvalue weighted by Gasteiger charge is 2.08. The number of fused-ring (bicyclic) bond motifs is 1. The molecule has 15 heavy (non-hydrogen) atoms. The Morgan fingerprint density at radius 2 is 2.20 bits per heavy atom. The summed E-state index contributed by atoms with van der Waals surface area (Å²) in [6.07, 6.45) is 2.88. The number of aromatic amines is 1. The molecule has 0 unspecified atom stereocenters. The maximum atomic E-state index is 10.9. The van der Waals surface area contributed by atoms with E-state index in [0.717, 1.165) is 34.9 Å². The van der Waals surface area contributed by atoms with Crippen molar-refractivity contribution in [3.05, 3.63) is 35.5 Å². The Bertz CT molecular complexity index is 485. The zero-order chi connectivity index (χ0) is 10.8. The molecule has 0 aliphatic rings. The molecule has 1 heterocycles. The van der Waals surface area contributed by atoms with E-state index in [4.69, 9.17) is 0 Å². The van der Waals surface area contributed by atoms with Crippen LogP contribution in [0.4, 0.5) is 0 Å². The number of hydrogen-bond acceptors (Lipinski definition) is 2. The molecule has 2 rings (SSSR count). The number of benzene rings is 1. The van der Waals surface area contributed by atoms with Crippen molar-refractivity contribution in [1.29, 1.82) is 0 Å². The normalized spacial score (nSPS) is 11.1. The maximum Gasteiger partial charge on any atom is 0.150 e. The summed E-state index contributed by atoms with van der Waals surface area (Å²) < 4.78 is 0. The third-order valence-electron chi connectivity index (χ3n) is 2.43. The summed E-state index contributed by atoms with van der Waals surface area (Å²) in [5.74, 6) is 0. The van der Waals surface area contributed by atoms with Gasteiger partial charge in [-0.05, 0) is 25.7 Å². The lowest BCUT2D eigenvalue weighted by Crippen LogP contribution is -2.10. The van der Waals surface area contributed by atoms with E-state index in [1.54, 1.807) is 0 Å². The third kappa shape index (κ3) is 1.78. The minimum Gasteiger partial charge on any atom is -0.361 e. The van der Waals surface area contributed by atoms with E-state index in [1.807, 2.05) is 38.5 Å². The molecule has 1 N–H and O–H groups in total. The average molecular weight is 202 g/mol. The first-order valence-corrected chi connectivity index (χ1v) is 4.91. The lowest BCUT2D eigenvalue weighted by molar-refractivity contribution is 0.112. The second-order valence-corrected chi connectivity index (χ2v) is 3.94. The summed E-state index contributed by atoms with van der Waals surface area (Å²) in [7, 11) is 4.03. The van der Waals surface area contributed by atoms with Crippen molar-refractivity contribution in [2.45, 2.75) is 6.54 Å². The Labute approximate surface area is 88.7 Å². The van der Waals surface area contributed by atoms with Gasteiger partial charge < -0.3 is 9.88 Å². The fourth-order valence-corrected chi connectivity index (χ4v) is 1.85. The summed E-state index contributed by atoms with van der Waals surface area (Å²) in [6, 6.07) is 5.73. The zero-order valence-corrected chi connectivity index (χ0v) is 8.95. The van der Waals surface area contributed by atoms with E-state index < -0.39 is 0 Å². The van der Waals surface area contributed by atoms with Crippen LogP contribution in [0.3, 0.4) is 0 Å². The van der Waals surface area contributed by atoms with Crippen molar-refractivity contribution >= 4 is 17.2 Å². The molecule has 0 aliphatic carbocycles. The summed E-state index contributed by atoms with van der Waals surface area (Å²) in [5.41, 5.74) is 2.94. The predicted molar refractivity (Wildman–Crippen MR) is 61.1 cm³/mol. The molecule has 3 heteroatoms. The average Bonchev–Trinajstić information content (AvgIpc) is 2.61. The van der Waals surface area contributed by atoms with Crippen LogP contribution in [0.25, 0.3) is 10.9 Å². The standard InChI is InChI=1S/C12H14N2O/c1-14(2)7-10-6-13-11-5-3-4-9(8-15)12(10)11/h3-6,8,13H,7H2,1-2H3. The van der Waals surface area contributed by atoms with E-state index in [-0.39, 0.29) is 0 Å². The van der Waals surface area contributed by atoms with Gasteiger partial charge in [0, 0.05) is 29.2 Å². The Morgan fingerprint density at radius 1 is 1.40 bits per heavy atom. The lowest BCUT2D eigenvalue weighted by Gasteiger charge is -2.08. The number of nitrogens with one attached hydrogen (secondary N) is 1. The molecule has 1 aromatic carbocycles. The number of hydrogen-bond donors (Lipinski definition) is 1. The first-order chi connectivity index (χ1) is 7.22. The van der Waals surface area contributed by atoms with Crippen LogP contribution in [0.1, 0.15) is 15.9 Å². The van der Waals surface area contributed by atoms with Crippen LogP contribution < -0.4 is 0 Å². The number of nitrogens with zero attached hydrogens (tertiary/aromatic N) is 1. The lowest BCUT2D eigenvalue weighted by atomic mass is 10.1. The highest BCUT2D eigenvalue weighted by atomic mass is 16.1. The molecule has 0 atom stereocenters. The van der Waals surface area contributed by atoms with Crippen molar-refractivity contribution in [3.63, 3.8) is 0 Å². The van der Waals surface area contributed by atoms with Crippen LogP contribution in [-0.4, -0.2) is 30.3 Å². The number of carbonyl (C=O) groups is 1. The minimum absolute atomic E-state index is 0.755. The van der Waals surface area contributed by atoms with E-state index in [0.29, 0.717) is 0 Å². The summed E-state index contributed by atoms with van der Waals surface area (Å²) >= 11 is 0. The third-order valence-corrected chi connectivity index (χ3v) is 2.43. The number of carbonyl (C=O) groups excluding carboxylic acids is 1. The van der Waals surface area contributed by atoms with Crippen molar-refractivity contribution in [1.82, 2.24) is 9.88 Å². The van der Waals surface area contributed by atoms with Crippen molar-refractivity contribution < 1.29 is 4.79 Å². The van der Waals surface area contributed by atoms with Gasteiger partial charge in [0.25, 0.3) is 0 Å². The Balaban J connectivity index is 2.60. The molecule has 0 spiro atoms. The molecule has 0 saturated carbocycles. The van der Waals surface area contributed by atoms with Crippen LogP contribution >= 0.6 is 0 Å². The minimum atomic E-state index is 0.755. The van der Waals surface area contributed by atoms with Gasteiger partial charge in [0.2, 0.25) is 0 Å². The molecule has 1 aromatic heterocycles. The smallest absolute Gasteiger partial charge is 0.150 e. The largest absolute Gasteiger partial charge is 0.361 e. The molecule has 0 bridgehead atoms. The highest BCUT2D eigenvalue weighted by molar-refractivity contribution is 5.98. The van der Waals surface area contributed by atoms with Crippen LogP contribution in [0.5, 0.6) is 0 Å². The van der Waals surface area contributed by atoms with Crippen molar-refractivity contribution in [3.8, 4) is 0 Å². The highest BCUT2D eigenvalue weighted by Crippen LogP contribution is 2.22. The van der Waals surface area contributed by atoms with E-state index in [1.165, 1.54) is 0 Å². The summed E-state index contributed by atoms with van der Waals surface area (Å²) in [5, 5.41) is 1.04. The maximum absolute atomic E-state index is 10.9. The second-order valence-electron chi connectivity index (χ2n) is 3.94. The van der Waals surface area contributed by atoms with Crippen LogP contribution in [-0.2, 0) is 6.54 Å². The van der Waals surface area contributed by atoms with Gasteiger partial charge in [-0.25, -0.2) is 0 Å². The molecule has 2 aromatic rings. The molecule has 3 nitrogen and oxygen atoms in total. The van der Waals surface area contributed by atoms with Gasteiger partial charge in [-0.2, -0.15) is 0 Å². The van der Waals surface area contributed by atoms with Crippen LogP contribution in [0.2, 0.25) is 0 Å². The monoisotopic (exact) mass is 202 g/mol. The van der Waals surface area contributed by atoms with Gasteiger partial charge in [0.05, 0.1) is 0 Å².